The number of allylic oxidation sites excluding steroid dienone is 1. The molecule has 1 nitrogen and oxygen atoms in total. The molecule has 0 atom stereocenters. The smallest absolute Gasteiger partial charge is 0.0465 e. The molecule has 1 heteroatoms. The van der Waals surface area contributed by atoms with Gasteiger partial charge in [-0.15, -0.1) is 0 Å². The van der Waals surface area contributed by atoms with Gasteiger partial charge in [-0.05, 0) is 18.3 Å². The van der Waals surface area contributed by atoms with Crippen LogP contribution in [0.15, 0.2) is 12.2 Å². The fraction of sp³-hybridized carbons (Fsp3) is 0.778. The molecule has 0 aliphatic carbocycles. The zero-order valence-corrected chi connectivity index (χ0v) is 7.22. The highest BCUT2D eigenvalue weighted by Gasteiger charge is 2.05. The largest absolute Gasteiger partial charge is 0.396 e. The maximum absolute atomic E-state index is 8.44. The van der Waals surface area contributed by atoms with Gasteiger partial charge in [0, 0.05) is 6.61 Å². The number of aliphatic hydroxyl groups is 1. The Morgan fingerprint density at radius 2 is 1.80 bits per heavy atom. The molecule has 0 aliphatic heterocycles. The lowest BCUT2D eigenvalue weighted by Crippen LogP contribution is -2.01. The summed E-state index contributed by atoms with van der Waals surface area (Å²) in [6.45, 7) is 6.88. The van der Waals surface area contributed by atoms with Gasteiger partial charge in [-0.1, -0.05) is 32.9 Å². The van der Waals surface area contributed by atoms with Gasteiger partial charge in [0.05, 0.1) is 0 Å². The molecule has 0 aromatic rings. The third-order valence-corrected chi connectivity index (χ3v) is 1.19. The lowest BCUT2D eigenvalue weighted by Gasteiger charge is -2.14. The van der Waals surface area contributed by atoms with Crippen molar-refractivity contribution in [3.63, 3.8) is 0 Å². The Balaban J connectivity index is 3.34. The van der Waals surface area contributed by atoms with Gasteiger partial charge in [0.25, 0.3) is 0 Å². The highest BCUT2D eigenvalue weighted by atomic mass is 16.2. The molecule has 0 heterocycles. The minimum Gasteiger partial charge on any atom is -0.396 e. The summed E-state index contributed by atoms with van der Waals surface area (Å²) in [5.41, 5.74) is 0.381. The number of hydrogen-bond acceptors (Lipinski definition) is 1. The van der Waals surface area contributed by atoms with Crippen molar-refractivity contribution in [2.45, 2.75) is 33.6 Å². The second kappa shape index (κ2) is 4.51. The summed E-state index contributed by atoms with van der Waals surface area (Å²) in [5.74, 6) is 0. The molecule has 0 amide bonds. The number of rotatable bonds is 3. The molecule has 0 bridgehead atoms. The van der Waals surface area contributed by atoms with Crippen molar-refractivity contribution in [1.82, 2.24) is 0 Å². The summed E-state index contributed by atoms with van der Waals surface area (Å²) >= 11 is 0. The van der Waals surface area contributed by atoms with E-state index in [0.717, 1.165) is 12.8 Å². The van der Waals surface area contributed by atoms with Gasteiger partial charge in [0.2, 0.25) is 0 Å². The van der Waals surface area contributed by atoms with Crippen molar-refractivity contribution in [1.29, 1.82) is 0 Å². The molecular formula is C9H18O. The highest BCUT2D eigenvalue weighted by molar-refractivity contribution is 4.85. The second-order valence-electron chi connectivity index (χ2n) is 3.75. The van der Waals surface area contributed by atoms with E-state index >= 15 is 0 Å². The Morgan fingerprint density at radius 3 is 2.20 bits per heavy atom. The van der Waals surface area contributed by atoms with Gasteiger partial charge in [0.15, 0.2) is 0 Å². The Kier molecular flexibility index (Phi) is 4.37. The van der Waals surface area contributed by atoms with E-state index < -0.39 is 0 Å². The van der Waals surface area contributed by atoms with Crippen molar-refractivity contribution < 1.29 is 5.11 Å². The van der Waals surface area contributed by atoms with Crippen LogP contribution >= 0.6 is 0 Å². The average Bonchev–Trinajstić information content (AvgIpc) is 1.78. The van der Waals surface area contributed by atoms with Crippen LogP contribution in [0.1, 0.15) is 33.6 Å². The van der Waals surface area contributed by atoms with Gasteiger partial charge in [-0.25, -0.2) is 0 Å². The molecule has 0 fully saturated rings. The predicted octanol–water partition coefficient (Wildman–Crippen LogP) is 2.36. The molecule has 1 N–H and O–H groups in total. The summed E-state index contributed by atoms with van der Waals surface area (Å²) in [7, 11) is 0. The first kappa shape index (κ1) is 9.70. The van der Waals surface area contributed by atoms with Crippen LogP contribution in [0.3, 0.4) is 0 Å². The monoisotopic (exact) mass is 142 g/mol. The lowest BCUT2D eigenvalue weighted by atomic mass is 9.92. The van der Waals surface area contributed by atoms with Crippen molar-refractivity contribution in [2.24, 2.45) is 5.41 Å². The van der Waals surface area contributed by atoms with Crippen LogP contribution in [0.5, 0.6) is 0 Å². The van der Waals surface area contributed by atoms with Crippen molar-refractivity contribution in [3.05, 3.63) is 12.2 Å². The fourth-order valence-corrected chi connectivity index (χ4v) is 0.629. The molecule has 0 aliphatic rings. The van der Waals surface area contributed by atoms with E-state index in [1.165, 1.54) is 0 Å². The van der Waals surface area contributed by atoms with Crippen LogP contribution in [-0.2, 0) is 0 Å². The third kappa shape index (κ3) is 7.70. The van der Waals surface area contributed by atoms with E-state index in [9.17, 15) is 0 Å². The summed E-state index contributed by atoms with van der Waals surface area (Å²) in [5, 5.41) is 8.44. The van der Waals surface area contributed by atoms with Crippen LogP contribution in [0.25, 0.3) is 0 Å². The Bertz CT molecular complexity index is 97.8. The van der Waals surface area contributed by atoms with Crippen LogP contribution in [0, 0.1) is 5.41 Å². The van der Waals surface area contributed by atoms with E-state index in [4.69, 9.17) is 5.11 Å². The maximum Gasteiger partial charge on any atom is 0.0465 e. The first-order chi connectivity index (χ1) is 4.56. The van der Waals surface area contributed by atoms with E-state index in [1.807, 2.05) is 6.08 Å². The van der Waals surface area contributed by atoms with Crippen LogP contribution in [0.4, 0.5) is 0 Å². The summed E-state index contributed by atoms with van der Waals surface area (Å²) in [6.07, 6.45) is 6.05. The van der Waals surface area contributed by atoms with Gasteiger partial charge in [-0.2, -0.15) is 0 Å². The molecule has 0 unspecified atom stereocenters. The van der Waals surface area contributed by atoms with E-state index in [2.05, 4.69) is 26.8 Å². The van der Waals surface area contributed by atoms with Gasteiger partial charge in [0.1, 0.15) is 0 Å². The minimum atomic E-state index is 0.265. The SMILES string of the molecule is CC(C)(C)C/C=C/CCO. The molecular weight excluding hydrogens is 124 g/mol. The normalized spacial score (nSPS) is 12.8. The topological polar surface area (TPSA) is 20.2 Å². The quantitative estimate of drug-likeness (QED) is 0.600. The van der Waals surface area contributed by atoms with Crippen LogP contribution in [-0.4, -0.2) is 11.7 Å². The molecule has 0 saturated heterocycles. The third-order valence-electron chi connectivity index (χ3n) is 1.19. The van der Waals surface area contributed by atoms with E-state index in [-0.39, 0.29) is 6.61 Å². The molecule has 0 rings (SSSR count). The summed E-state index contributed by atoms with van der Waals surface area (Å²) in [4.78, 5) is 0. The zero-order valence-electron chi connectivity index (χ0n) is 7.22. The molecule has 0 spiro atoms. The molecule has 0 saturated carbocycles. The van der Waals surface area contributed by atoms with E-state index in [0.29, 0.717) is 5.41 Å². The maximum atomic E-state index is 8.44. The standard InChI is InChI=1S/C9H18O/c1-9(2,3)7-5-4-6-8-10/h4-5,10H,6-8H2,1-3H3/b5-4+. The molecule has 10 heavy (non-hydrogen) atoms. The van der Waals surface area contributed by atoms with Crippen molar-refractivity contribution in [2.75, 3.05) is 6.61 Å². The second-order valence-corrected chi connectivity index (χ2v) is 3.75. The lowest BCUT2D eigenvalue weighted by molar-refractivity contribution is 0.302. The average molecular weight is 142 g/mol. The molecule has 0 aromatic heterocycles. The predicted molar refractivity (Wildman–Crippen MR) is 44.9 cm³/mol. The first-order valence-corrected chi connectivity index (χ1v) is 3.82. The zero-order chi connectivity index (χ0) is 8.04. The number of hydrogen-bond donors (Lipinski definition) is 1. The van der Waals surface area contributed by atoms with Crippen LogP contribution < -0.4 is 0 Å². The molecule has 60 valence electrons. The van der Waals surface area contributed by atoms with Gasteiger partial charge in [-0.3, -0.25) is 0 Å². The highest BCUT2D eigenvalue weighted by Crippen LogP contribution is 2.18. The Morgan fingerprint density at radius 1 is 1.20 bits per heavy atom. The van der Waals surface area contributed by atoms with Gasteiger partial charge >= 0.3 is 0 Å². The molecule has 0 aromatic carbocycles. The Labute approximate surface area is 63.8 Å². The summed E-state index contributed by atoms with van der Waals surface area (Å²) < 4.78 is 0. The number of aliphatic hydroxyl groups excluding tert-OH is 1. The summed E-state index contributed by atoms with van der Waals surface area (Å²) in [6, 6.07) is 0. The van der Waals surface area contributed by atoms with Gasteiger partial charge < -0.3 is 5.11 Å². The van der Waals surface area contributed by atoms with Crippen LogP contribution in [0.2, 0.25) is 0 Å². The fourth-order valence-electron chi connectivity index (χ4n) is 0.629. The Hall–Kier alpha value is -0.300. The van der Waals surface area contributed by atoms with Crippen molar-refractivity contribution in [3.8, 4) is 0 Å². The van der Waals surface area contributed by atoms with E-state index in [1.54, 1.807) is 0 Å². The molecule has 0 radical (unpaired) electrons. The minimum absolute atomic E-state index is 0.265. The van der Waals surface area contributed by atoms with Crippen molar-refractivity contribution >= 4 is 0 Å². The first-order valence-electron chi connectivity index (χ1n) is 3.82.